The van der Waals surface area contributed by atoms with Crippen molar-refractivity contribution in [1.82, 2.24) is 25.3 Å². The number of aromatic nitrogens is 4. The molecule has 0 bridgehead atoms. The van der Waals surface area contributed by atoms with Crippen molar-refractivity contribution >= 4 is 40.3 Å². The number of nitrogens with one attached hydrogen (secondary N) is 1. The smallest absolute Gasteiger partial charge is 0.229 e. The first kappa shape index (κ1) is 19.0. The van der Waals surface area contributed by atoms with Crippen molar-refractivity contribution in [1.29, 1.82) is 0 Å². The molecule has 0 unspecified atom stereocenters. The summed E-state index contributed by atoms with van der Waals surface area (Å²) in [5, 5.41) is 13.5. The average molecular weight is 419 g/mol. The van der Waals surface area contributed by atoms with Crippen LogP contribution in [0.1, 0.15) is 25.7 Å². The molecule has 3 aliphatic rings. The second kappa shape index (κ2) is 8.04. The molecule has 0 radical (unpaired) electrons. The van der Waals surface area contributed by atoms with E-state index in [1.54, 1.807) is 0 Å². The summed E-state index contributed by atoms with van der Waals surface area (Å²) in [6, 6.07) is 0.0341. The molecule has 0 aliphatic carbocycles. The molecule has 5 heterocycles. The molecule has 3 aliphatic heterocycles. The lowest BCUT2D eigenvalue weighted by molar-refractivity contribution is 0.266. The third-order valence-corrected chi connectivity index (χ3v) is 6.36. The van der Waals surface area contributed by atoms with Crippen molar-refractivity contribution in [2.75, 3.05) is 67.1 Å². The van der Waals surface area contributed by atoms with E-state index in [9.17, 15) is 5.11 Å². The topological polar surface area (TPSA) is 93.5 Å². The number of aliphatic hydroxyl groups excluding tert-OH is 1. The van der Waals surface area contributed by atoms with Crippen LogP contribution in [-0.4, -0.2) is 83.5 Å². The molecule has 0 saturated carbocycles. The second-order valence-electron chi connectivity index (χ2n) is 7.96. The Bertz CT molecular complexity index is 884. The van der Waals surface area contributed by atoms with Crippen LogP contribution in [0.3, 0.4) is 0 Å². The monoisotopic (exact) mass is 418 g/mol. The fourth-order valence-electron chi connectivity index (χ4n) is 4.54. The van der Waals surface area contributed by atoms with Crippen molar-refractivity contribution < 1.29 is 5.11 Å². The predicted molar refractivity (Wildman–Crippen MR) is 114 cm³/mol. The minimum atomic E-state index is 0.0341. The fraction of sp³-hybridized carbons (Fsp3) is 0.684. The Hall–Kier alpha value is -1.97. The number of rotatable bonds is 4. The quantitative estimate of drug-likeness (QED) is 0.755. The maximum absolute atomic E-state index is 9.73. The van der Waals surface area contributed by atoms with Crippen LogP contribution in [0.15, 0.2) is 0 Å². The lowest BCUT2D eigenvalue weighted by Crippen LogP contribution is -2.44. The molecule has 0 aromatic carbocycles. The average Bonchev–Trinajstić information content (AvgIpc) is 3.45. The van der Waals surface area contributed by atoms with Gasteiger partial charge < -0.3 is 25.1 Å². The Labute approximate surface area is 175 Å². The van der Waals surface area contributed by atoms with Gasteiger partial charge in [-0.05, 0) is 25.7 Å². The molecule has 0 spiro atoms. The van der Waals surface area contributed by atoms with Crippen LogP contribution < -0.4 is 20.0 Å². The molecule has 2 aromatic heterocycles. The zero-order valence-corrected chi connectivity index (χ0v) is 17.3. The van der Waals surface area contributed by atoms with Crippen LogP contribution in [0.2, 0.25) is 5.15 Å². The van der Waals surface area contributed by atoms with E-state index in [4.69, 9.17) is 31.5 Å². The number of piperazine rings is 1. The standard InChI is InChI=1S/C19H27ClN8O/c20-15-18(28-9-3-4-13(28)12-29)23-16-14(22-15)17(26-7-1-2-8-26)25-19(24-16)27-10-5-21-6-11-27/h13,21,29H,1-12H2/t13-/m0/s1. The highest BCUT2D eigenvalue weighted by Crippen LogP contribution is 2.34. The van der Waals surface area contributed by atoms with Crippen molar-refractivity contribution in [3.05, 3.63) is 5.15 Å². The van der Waals surface area contributed by atoms with Crippen molar-refractivity contribution in [2.24, 2.45) is 0 Å². The molecule has 2 N–H and O–H groups in total. The van der Waals surface area contributed by atoms with E-state index in [0.29, 0.717) is 28.1 Å². The summed E-state index contributed by atoms with van der Waals surface area (Å²) in [6.45, 7) is 6.42. The second-order valence-corrected chi connectivity index (χ2v) is 8.32. The summed E-state index contributed by atoms with van der Waals surface area (Å²) in [5.41, 5.74) is 1.25. The Morgan fingerprint density at radius 2 is 1.69 bits per heavy atom. The molecular weight excluding hydrogens is 392 g/mol. The van der Waals surface area contributed by atoms with E-state index in [1.165, 1.54) is 0 Å². The van der Waals surface area contributed by atoms with Gasteiger partial charge in [0.25, 0.3) is 0 Å². The molecule has 9 nitrogen and oxygen atoms in total. The van der Waals surface area contributed by atoms with Crippen LogP contribution in [0.25, 0.3) is 11.2 Å². The zero-order valence-electron chi connectivity index (χ0n) is 16.5. The minimum absolute atomic E-state index is 0.0341. The van der Waals surface area contributed by atoms with Crippen LogP contribution in [-0.2, 0) is 0 Å². The first-order chi connectivity index (χ1) is 14.2. The molecule has 3 saturated heterocycles. The fourth-order valence-corrected chi connectivity index (χ4v) is 4.77. The van der Waals surface area contributed by atoms with Crippen LogP contribution in [0.4, 0.5) is 17.6 Å². The first-order valence-electron chi connectivity index (χ1n) is 10.6. The Kier molecular flexibility index (Phi) is 5.28. The van der Waals surface area contributed by atoms with E-state index in [0.717, 1.165) is 77.3 Å². The summed E-state index contributed by atoms with van der Waals surface area (Å²) in [6.07, 6.45) is 4.25. The Morgan fingerprint density at radius 3 is 2.45 bits per heavy atom. The van der Waals surface area contributed by atoms with Crippen LogP contribution in [0.5, 0.6) is 0 Å². The van der Waals surface area contributed by atoms with Gasteiger partial charge in [0.1, 0.15) is 0 Å². The summed E-state index contributed by atoms with van der Waals surface area (Å²) >= 11 is 6.58. The van der Waals surface area contributed by atoms with E-state index < -0.39 is 0 Å². The molecule has 10 heteroatoms. The van der Waals surface area contributed by atoms with Gasteiger partial charge in [0, 0.05) is 45.8 Å². The van der Waals surface area contributed by atoms with Crippen molar-refractivity contribution in [3.8, 4) is 0 Å². The third kappa shape index (κ3) is 3.55. The van der Waals surface area contributed by atoms with E-state index in [-0.39, 0.29) is 12.6 Å². The summed E-state index contributed by atoms with van der Waals surface area (Å²) in [4.78, 5) is 25.8. The third-order valence-electron chi connectivity index (χ3n) is 6.11. The van der Waals surface area contributed by atoms with Gasteiger partial charge in [-0.1, -0.05) is 11.6 Å². The maximum atomic E-state index is 9.73. The Balaban J connectivity index is 1.62. The minimum Gasteiger partial charge on any atom is -0.394 e. The van der Waals surface area contributed by atoms with Crippen molar-refractivity contribution in [2.45, 2.75) is 31.7 Å². The SMILES string of the molecule is OC[C@@H]1CCCN1c1nc2nc(N3CCNCC3)nc(N3CCCC3)c2nc1Cl. The summed E-state index contributed by atoms with van der Waals surface area (Å²) in [7, 11) is 0. The van der Waals surface area contributed by atoms with Crippen molar-refractivity contribution in [3.63, 3.8) is 0 Å². The van der Waals surface area contributed by atoms with E-state index in [1.807, 2.05) is 0 Å². The number of hydrogen-bond acceptors (Lipinski definition) is 9. The Morgan fingerprint density at radius 1 is 0.897 bits per heavy atom. The molecule has 2 aromatic rings. The van der Waals surface area contributed by atoms with Gasteiger partial charge in [0.2, 0.25) is 5.95 Å². The molecule has 0 amide bonds. The van der Waals surface area contributed by atoms with Gasteiger partial charge in [-0.3, -0.25) is 0 Å². The first-order valence-corrected chi connectivity index (χ1v) is 11.0. The molecular formula is C19H27ClN8O. The molecule has 29 heavy (non-hydrogen) atoms. The zero-order chi connectivity index (χ0) is 19.8. The van der Waals surface area contributed by atoms with Crippen LogP contribution in [0, 0.1) is 0 Å². The van der Waals surface area contributed by atoms with Crippen LogP contribution >= 0.6 is 11.6 Å². The highest BCUT2D eigenvalue weighted by molar-refractivity contribution is 6.32. The van der Waals surface area contributed by atoms with Gasteiger partial charge >= 0.3 is 0 Å². The number of anilines is 3. The van der Waals surface area contributed by atoms with Gasteiger partial charge in [-0.2, -0.15) is 9.97 Å². The predicted octanol–water partition coefficient (Wildman–Crippen LogP) is 1.04. The summed E-state index contributed by atoms with van der Waals surface area (Å²) < 4.78 is 0. The maximum Gasteiger partial charge on any atom is 0.229 e. The molecule has 1 atom stereocenters. The lowest BCUT2D eigenvalue weighted by Gasteiger charge is -2.29. The normalized spacial score (nSPS) is 22.8. The number of hydrogen-bond donors (Lipinski definition) is 2. The highest BCUT2D eigenvalue weighted by Gasteiger charge is 2.29. The summed E-state index contributed by atoms with van der Waals surface area (Å²) in [5.74, 6) is 2.17. The highest BCUT2D eigenvalue weighted by atomic mass is 35.5. The largest absolute Gasteiger partial charge is 0.394 e. The number of halogens is 1. The van der Waals surface area contributed by atoms with Gasteiger partial charge in [-0.25, -0.2) is 9.97 Å². The molecule has 3 fully saturated rings. The van der Waals surface area contributed by atoms with Gasteiger partial charge in [-0.15, -0.1) is 0 Å². The van der Waals surface area contributed by atoms with Gasteiger partial charge in [0.05, 0.1) is 12.6 Å². The molecule has 156 valence electrons. The van der Waals surface area contributed by atoms with E-state index >= 15 is 0 Å². The number of aliphatic hydroxyl groups is 1. The number of fused-ring (bicyclic) bond motifs is 1. The lowest BCUT2D eigenvalue weighted by atomic mass is 10.2. The number of nitrogens with zero attached hydrogens (tertiary/aromatic N) is 7. The van der Waals surface area contributed by atoms with Gasteiger partial charge in [0.15, 0.2) is 28.0 Å². The molecule has 5 rings (SSSR count). The van der Waals surface area contributed by atoms with E-state index in [2.05, 4.69) is 20.0 Å².